The van der Waals surface area contributed by atoms with Crippen molar-refractivity contribution in [2.24, 2.45) is 11.7 Å². The number of nitriles is 1. The Morgan fingerprint density at radius 1 is 1.57 bits per heavy atom. The molecule has 1 unspecified atom stereocenters. The summed E-state index contributed by atoms with van der Waals surface area (Å²) in [5.74, 6) is -0.0447. The SMILES string of the molecule is CCC(CC#N)NC(=O)[C@H](N)C(C)C. The summed E-state index contributed by atoms with van der Waals surface area (Å²) in [5.41, 5.74) is 5.66. The Hall–Kier alpha value is -1.08. The summed E-state index contributed by atoms with van der Waals surface area (Å²) in [5, 5.41) is 11.3. The Morgan fingerprint density at radius 3 is 2.50 bits per heavy atom. The van der Waals surface area contributed by atoms with Gasteiger partial charge in [-0.15, -0.1) is 0 Å². The van der Waals surface area contributed by atoms with E-state index in [0.717, 1.165) is 6.42 Å². The fraction of sp³-hybridized carbons (Fsp3) is 0.800. The summed E-state index contributed by atoms with van der Waals surface area (Å²) < 4.78 is 0. The van der Waals surface area contributed by atoms with Gasteiger partial charge in [0.25, 0.3) is 0 Å². The van der Waals surface area contributed by atoms with Crippen LogP contribution >= 0.6 is 0 Å². The molecule has 2 atom stereocenters. The van der Waals surface area contributed by atoms with Gasteiger partial charge in [0.2, 0.25) is 5.91 Å². The van der Waals surface area contributed by atoms with Gasteiger partial charge in [-0.2, -0.15) is 5.26 Å². The molecule has 0 aliphatic heterocycles. The summed E-state index contributed by atoms with van der Waals surface area (Å²) in [6.45, 7) is 5.73. The Morgan fingerprint density at radius 2 is 2.14 bits per heavy atom. The van der Waals surface area contributed by atoms with Crippen molar-refractivity contribution in [3.05, 3.63) is 0 Å². The lowest BCUT2D eigenvalue weighted by Gasteiger charge is -2.19. The molecular weight excluding hydrogens is 178 g/mol. The first kappa shape index (κ1) is 12.9. The second-order valence-electron chi connectivity index (χ2n) is 3.75. The van der Waals surface area contributed by atoms with Crippen LogP contribution in [-0.4, -0.2) is 18.0 Å². The van der Waals surface area contributed by atoms with E-state index >= 15 is 0 Å². The number of nitrogens with zero attached hydrogens (tertiary/aromatic N) is 1. The molecule has 0 aromatic carbocycles. The van der Waals surface area contributed by atoms with Gasteiger partial charge in [0.1, 0.15) is 0 Å². The largest absolute Gasteiger partial charge is 0.351 e. The number of hydrogen-bond donors (Lipinski definition) is 2. The van der Waals surface area contributed by atoms with Crippen LogP contribution in [0, 0.1) is 17.2 Å². The number of carbonyl (C=O) groups is 1. The summed E-state index contributed by atoms with van der Waals surface area (Å²) >= 11 is 0. The third kappa shape index (κ3) is 4.24. The highest BCUT2D eigenvalue weighted by molar-refractivity contribution is 5.82. The minimum atomic E-state index is -0.484. The summed E-state index contributed by atoms with van der Waals surface area (Å²) in [4.78, 5) is 11.5. The molecular formula is C10H19N3O. The molecule has 0 rings (SSSR count). The maximum Gasteiger partial charge on any atom is 0.237 e. The third-order valence-corrected chi connectivity index (χ3v) is 2.20. The van der Waals surface area contributed by atoms with Crippen molar-refractivity contribution >= 4 is 5.91 Å². The van der Waals surface area contributed by atoms with Crippen LogP contribution in [0.1, 0.15) is 33.6 Å². The maximum atomic E-state index is 11.5. The fourth-order valence-electron chi connectivity index (χ4n) is 1.01. The molecule has 0 fully saturated rings. The Kier molecular flexibility index (Phi) is 5.89. The van der Waals surface area contributed by atoms with Gasteiger partial charge in [0.05, 0.1) is 18.5 Å². The van der Waals surface area contributed by atoms with E-state index in [1.54, 1.807) is 0 Å². The van der Waals surface area contributed by atoms with E-state index in [0.29, 0.717) is 6.42 Å². The lowest BCUT2D eigenvalue weighted by atomic mass is 10.0. The van der Waals surface area contributed by atoms with Gasteiger partial charge in [-0.05, 0) is 12.3 Å². The van der Waals surface area contributed by atoms with Crippen molar-refractivity contribution in [1.29, 1.82) is 5.26 Å². The number of carbonyl (C=O) groups excluding carboxylic acids is 1. The minimum Gasteiger partial charge on any atom is -0.351 e. The molecule has 4 heteroatoms. The average Bonchev–Trinajstić information content (AvgIpc) is 2.15. The summed E-state index contributed by atoms with van der Waals surface area (Å²) in [6, 6.07) is 1.48. The smallest absolute Gasteiger partial charge is 0.237 e. The highest BCUT2D eigenvalue weighted by atomic mass is 16.2. The normalized spacial score (nSPS) is 14.6. The van der Waals surface area contributed by atoms with Crippen LogP contribution in [-0.2, 0) is 4.79 Å². The van der Waals surface area contributed by atoms with E-state index < -0.39 is 6.04 Å². The molecule has 1 amide bonds. The van der Waals surface area contributed by atoms with Crippen LogP contribution in [0.25, 0.3) is 0 Å². The highest BCUT2D eigenvalue weighted by Gasteiger charge is 2.19. The Bertz CT molecular complexity index is 220. The molecule has 0 aromatic heterocycles. The first-order chi connectivity index (χ1) is 6.52. The quantitative estimate of drug-likeness (QED) is 0.683. The van der Waals surface area contributed by atoms with E-state index in [9.17, 15) is 4.79 Å². The molecule has 14 heavy (non-hydrogen) atoms. The van der Waals surface area contributed by atoms with E-state index in [1.165, 1.54) is 0 Å². The first-order valence-corrected chi connectivity index (χ1v) is 4.95. The van der Waals surface area contributed by atoms with Crippen LogP contribution in [0.4, 0.5) is 0 Å². The predicted octanol–water partition coefficient (Wildman–Crippen LogP) is 0.778. The molecule has 0 aliphatic rings. The molecule has 0 radical (unpaired) electrons. The molecule has 0 saturated heterocycles. The number of rotatable bonds is 5. The lowest BCUT2D eigenvalue weighted by molar-refractivity contribution is -0.123. The van der Waals surface area contributed by atoms with Gasteiger partial charge in [-0.25, -0.2) is 0 Å². The molecule has 80 valence electrons. The van der Waals surface area contributed by atoms with Gasteiger partial charge in [0, 0.05) is 6.04 Å². The number of hydrogen-bond acceptors (Lipinski definition) is 3. The van der Waals surface area contributed by atoms with Gasteiger partial charge in [-0.1, -0.05) is 20.8 Å². The van der Waals surface area contributed by atoms with Crippen molar-refractivity contribution in [1.82, 2.24) is 5.32 Å². The van der Waals surface area contributed by atoms with Crippen LogP contribution < -0.4 is 11.1 Å². The summed E-state index contributed by atoms with van der Waals surface area (Å²) in [7, 11) is 0. The second-order valence-corrected chi connectivity index (χ2v) is 3.75. The number of nitrogens with two attached hydrogens (primary N) is 1. The lowest BCUT2D eigenvalue weighted by Crippen LogP contribution is -2.47. The Balaban J connectivity index is 4.09. The van der Waals surface area contributed by atoms with Crippen LogP contribution in [0.3, 0.4) is 0 Å². The molecule has 0 saturated carbocycles. The van der Waals surface area contributed by atoms with E-state index in [1.807, 2.05) is 26.8 Å². The van der Waals surface area contributed by atoms with Gasteiger partial charge < -0.3 is 11.1 Å². The van der Waals surface area contributed by atoms with Crippen molar-refractivity contribution in [2.45, 2.75) is 45.7 Å². The maximum absolute atomic E-state index is 11.5. The Labute approximate surface area is 85.5 Å². The molecule has 0 bridgehead atoms. The van der Waals surface area contributed by atoms with Crippen LogP contribution in [0.2, 0.25) is 0 Å². The molecule has 0 aromatic rings. The monoisotopic (exact) mass is 197 g/mol. The third-order valence-electron chi connectivity index (χ3n) is 2.20. The van der Waals surface area contributed by atoms with E-state index in [4.69, 9.17) is 11.0 Å². The van der Waals surface area contributed by atoms with Crippen molar-refractivity contribution in [3.8, 4) is 6.07 Å². The zero-order chi connectivity index (χ0) is 11.1. The van der Waals surface area contributed by atoms with Crippen molar-refractivity contribution < 1.29 is 4.79 Å². The second kappa shape index (κ2) is 6.39. The van der Waals surface area contributed by atoms with Gasteiger partial charge in [-0.3, -0.25) is 4.79 Å². The molecule has 3 N–H and O–H groups in total. The van der Waals surface area contributed by atoms with E-state index in [-0.39, 0.29) is 17.9 Å². The standard InChI is InChI=1S/C10H19N3O/c1-4-8(5-6-11)13-10(14)9(12)7(2)3/h7-9H,4-5,12H2,1-3H3,(H,13,14)/t8?,9-/m1/s1. The molecule has 4 nitrogen and oxygen atoms in total. The molecule has 0 heterocycles. The fourth-order valence-corrected chi connectivity index (χ4v) is 1.01. The number of amides is 1. The van der Waals surface area contributed by atoms with Crippen molar-refractivity contribution in [2.75, 3.05) is 0 Å². The predicted molar refractivity (Wildman–Crippen MR) is 55.3 cm³/mol. The van der Waals surface area contributed by atoms with Crippen molar-refractivity contribution in [3.63, 3.8) is 0 Å². The average molecular weight is 197 g/mol. The minimum absolute atomic E-state index is 0.0719. The van der Waals surface area contributed by atoms with Gasteiger partial charge in [0.15, 0.2) is 0 Å². The first-order valence-electron chi connectivity index (χ1n) is 4.95. The zero-order valence-electron chi connectivity index (χ0n) is 9.08. The zero-order valence-corrected chi connectivity index (χ0v) is 9.08. The van der Waals surface area contributed by atoms with Crippen LogP contribution in [0.15, 0.2) is 0 Å². The summed E-state index contributed by atoms with van der Waals surface area (Å²) in [6.07, 6.45) is 1.09. The van der Waals surface area contributed by atoms with E-state index in [2.05, 4.69) is 5.32 Å². The highest BCUT2D eigenvalue weighted by Crippen LogP contribution is 2.01. The molecule has 0 spiro atoms. The molecule has 0 aliphatic carbocycles. The van der Waals surface area contributed by atoms with Gasteiger partial charge >= 0.3 is 0 Å². The number of nitrogens with one attached hydrogen (secondary N) is 1. The topological polar surface area (TPSA) is 78.9 Å². The van der Waals surface area contributed by atoms with Crippen LogP contribution in [0.5, 0.6) is 0 Å².